The van der Waals surface area contributed by atoms with Gasteiger partial charge in [-0.3, -0.25) is 0 Å². The van der Waals surface area contributed by atoms with E-state index in [0.717, 1.165) is 19.8 Å². The smallest absolute Gasteiger partial charge is 0.0534 e. The summed E-state index contributed by atoms with van der Waals surface area (Å²) in [5.41, 5.74) is 6.15. The Hall–Kier alpha value is 0.270. The normalized spacial score (nSPS) is 29.1. The molecule has 1 rings (SSSR count). The molecular formula is C10H21NOS. The van der Waals surface area contributed by atoms with Crippen molar-refractivity contribution >= 4 is 11.8 Å². The van der Waals surface area contributed by atoms with Crippen LogP contribution < -0.4 is 5.73 Å². The number of nitrogens with two attached hydrogens (primary N) is 1. The standard InChI is InChI=1S/C10H21NOS/c1-13-7-3-5-10(8-11)4-2-6-12-9-10/h2-9,11H2,1H3. The quantitative estimate of drug-likeness (QED) is 0.693. The molecular weight excluding hydrogens is 182 g/mol. The highest BCUT2D eigenvalue weighted by Crippen LogP contribution is 2.32. The SMILES string of the molecule is CSCCCC1(CN)CCCOC1. The van der Waals surface area contributed by atoms with Gasteiger partial charge in [0.15, 0.2) is 0 Å². The molecule has 2 nitrogen and oxygen atoms in total. The van der Waals surface area contributed by atoms with Gasteiger partial charge in [0.1, 0.15) is 0 Å². The van der Waals surface area contributed by atoms with Gasteiger partial charge in [0.05, 0.1) is 6.61 Å². The molecule has 78 valence electrons. The van der Waals surface area contributed by atoms with Gasteiger partial charge in [-0.2, -0.15) is 11.8 Å². The van der Waals surface area contributed by atoms with Crippen LogP contribution in [-0.4, -0.2) is 31.8 Å². The summed E-state index contributed by atoms with van der Waals surface area (Å²) in [4.78, 5) is 0. The summed E-state index contributed by atoms with van der Waals surface area (Å²) >= 11 is 1.92. The molecule has 1 saturated heterocycles. The topological polar surface area (TPSA) is 35.2 Å². The van der Waals surface area contributed by atoms with Crippen LogP contribution in [0.3, 0.4) is 0 Å². The van der Waals surface area contributed by atoms with Crippen molar-refractivity contribution in [2.24, 2.45) is 11.1 Å². The fourth-order valence-electron chi connectivity index (χ4n) is 1.96. The van der Waals surface area contributed by atoms with E-state index >= 15 is 0 Å². The zero-order chi connectivity index (χ0) is 9.57. The van der Waals surface area contributed by atoms with Gasteiger partial charge in [-0.15, -0.1) is 0 Å². The highest BCUT2D eigenvalue weighted by atomic mass is 32.2. The first-order chi connectivity index (χ1) is 6.33. The molecule has 1 fully saturated rings. The number of ether oxygens (including phenoxy) is 1. The summed E-state index contributed by atoms with van der Waals surface area (Å²) in [7, 11) is 0. The monoisotopic (exact) mass is 203 g/mol. The lowest BCUT2D eigenvalue weighted by molar-refractivity contribution is -0.00764. The van der Waals surface area contributed by atoms with E-state index in [1.807, 2.05) is 11.8 Å². The van der Waals surface area contributed by atoms with E-state index in [1.54, 1.807) is 0 Å². The first-order valence-electron chi connectivity index (χ1n) is 5.10. The number of rotatable bonds is 5. The van der Waals surface area contributed by atoms with E-state index in [-0.39, 0.29) is 0 Å². The Bertz CT molecular complexity index is 135. The molecule has 0 bridgehead atoms. The van der Waals surface area contributed by atoms with E-state index in [1.165, 1.54) is 31.4 Å². The molecule has 1 aliphatic heterocycles. The molecule has 3 heteroatoms. The third-order valence-electron chi connectivity index (χ3n) is 2.89. The van der Waals surface area contributed by atoms with E-state index in [2.05, 4.69) is 6.26 Å². The average Bonchev–Trinajstić information content (AvgIpc) is 2.20. The van der Waals surface area contributed by atoms with Crippen molar-refractivity contribution in [2.75, 3.05) is 31.8 Å². The van der Waals surface area contributed by atoms with Crippen LogP contribution in [0.4, 0.5) is 0 Å². The van der Waals surface area contributed by atoms with E-state index < -0.39 is 0 Å². The van der Waals surface area contributed by atoms with Crippen molar-refractivity contribution in [2.45, 2.75) is 25.7 Å². The minimum Gasteiger partial charge on any atom is -0.381 e. The second kappa shape index (κ2) is 5.89. The van der Waals surface area contributed by atoms with Crippen molar-refractivity contribution in [3.8, 4) is 0 Å². The van der Waals surface area contributed by atoms with Crippen LogP contribution in [-0.2, 0) is 4.74 Å². The van der Waals surface area contributed by atoms with Crippen LogP contribution >= 0.6 is 11.8 Å². The maximum atomic E-state index is 5.83. The number of hydrogen-bond donors (Lipinski definition) is 1. The largest absolute Gasteiger partial charge is 0.381 e. The van der Waals surface area contributed by atoms with E-state index in [9.17, 15) is 0 Å². The third kappa shape index (κ3) is 3.49. The zero-order valence-corrected chi connectivity index (χ0v) is 9.37. The highest BCUT2D eigenvalue weighted by molar-refractivity contribution is 7.98. The Morgan fingerprint density at radius 1 is 1.54 bits per heavy atom. The van der Waals surface area contributed by atoms with Gasteiger partial charge in [-0.05, 0) is 37.7 Å². The van der Waals surface area contributed by atoms with Crippen molar-refractivity contribution in [1.82, 2.24) is 0 Å². The van der Waals surface area contributed by atoms with Crippen LogP contribution in [0.1, 0.15) is 25.7 Å². The second-order valence-corrected chi connectivity index (χ2v) is 4.94. The summed E-state index contributed by atoms with van der Waals surface area (Å²) in [5, 5.41) is 0. The van der Waals surface area contributed by atoms with Gasteiger partial charge in [0.25, 0.3) is 0 Å². The fourth-order valence-corrected chi connectivity index (χ4v) is 2.39. The van der Waals surface area contributed by atoms with Crippen LogP contribution in [0.25, 0.3) is 0 Å². The first kappa shape index (κ1) is 11.3. The summed E-state index contributed by atoms with van der Waals surface area (Å²) in [5.74, 6) is 1.25. The van der Waals surface area contributed by atoms with Gasteiger partial charge in [0, 0.05) is 18.6 Å². The van der Waals surface area contributed by atoms with Crippen molar-refractivity contribution < 1.29 is 4.74 Å². The average molecular weight is 203 g/mol. The van der Waals surface area contributed by atoms with E-state index in [0.29, 0.717) is 5.41 Å². The predicted octanol–water partition coefficient (Wildman–Crippen LogP) is 1.89. The highest BCUT2D eigenvalue weighted by Gasteiger charge is 2.30. The van der Waals surface area contributed by atoms with Crippen molar-refractivity contribution in [1.29, 1.82) is 0 Å². The molecule has 1 aliphatic rings. The fraction of sp³-hybridized carbons (Fsp3) is 1.00. The zero-order valence-electron chi connectivity index (χ0n) is 8.55. The molecule has 0 saturated carbocycles. The number of hydrogen-bond acceptors (Lipinski definition) is 3. The predicted molar refractivity (Wildman–Crippen MR) is 59.2 cm³/mol. The van der Waals surface area contributed by atoms with Gasteiger partial charge < -0.3 is 10.5 Å². The Morgan fingerprint density at radius 2 is 2.38 bits per heavy atom. The lowest BCUT2D eigenvalue weighted by atomic mass is 9.79. The maximum Gasteiger partial charge on any atom is 0.0534 e. The molecule has 0 amide bonds. The molecule has 0 aromatic carbocycles. The second-order valence-electron chi connectivity index (χ2n) is 3.96. The lowest BCUT2D eigenvalue weighted by Crippen LogP contribution is -2.38. The summed E-state index contributed by atoms with van der Waals surface area (Å²) in [6, 6.07) is 0. The van der Waals surface area contributed by atoms with Gasteiger partial charge in [-0.25, -0.2) is 0 Å². The molecule has 0 aliphatic carbocycles. The maximum absolute atomic E-state index is 5.83. The Labute approximate surface area is 85.6 Å². The minimum absolute atomic E-state index is 0.313. The van der Waals surface area contributed by atoms with Crippen molar-refractivity contribution in [3.63, 3.8) is 0 Å². The summed E-state index contributed by atoms with van der Waals surface area (Å²) in [6.45, 7) is 2.61. The molecule has 0 aromatic rings. The molecule has 1 atom stereocenters. The lowest BCUT2D eigenvalue weighted by Gasteiger charge is -2.36. The molecule has 13 heavy (non-hydrogen) atoms. The van der Waals surface area contributed by atoms with Crippen LogP contribution in [0.15, 0.2) is 0 Å². The Morgan fingerprint density at radius 3 is 2.92 bits per heavy atom. The first-order valence-corrected chi connectivity index (χ1v) is 6.49. The Balaban J connectivity index is 2.29. The summed E-state index contributed by atoms with van der Waals surface area (Å²) < 4.78 is 5.52. The molecule has 1 unspecified atom stereocenters. The third-order valence-corrected chi connectivity index (χ3v) is 3.59. The van der Waals surface area contributed by atoms with Crippen molar-refractivity contribution in [3.05, 3.63) is 0 Å². The molecule has 0 aromatic heterocycles. The molecule has 0 spiro atoms. The molecule has 0 radical (unpaired) electrons. The number of thioether (sulfide) groups is 1. The van der Waals surface area contributed by atoms with Crippen LogP contribution in [0, 0.1) is 5.41 Å². The van der Waals surface area contributed by atoms with Gasteiger partial charge >= 0.3 is 0 Å². The molecule has 2 N–H and O–H groups in total. The van der Waals surface area contributed by atoms with Gasteiger partial charge in [-0.1, -0.05) is 0 Å². The van der Waals surface area contributed by atoms with E-state index in [4.69, 9.17) is 10.5 Å². The summed E-state index contributed by atoms with van der Waals surface area (Å²) in [6.07, 6.45) is 7.13. The Kier molecular flexibility index (Phi) is 5.14. The molecule has 1 heterocycles. The van der Waals surface area contributed by atoms with Gasteiger partial charge in [0.2, 0.25) is 0 Å². The van der Waals surface area contributed by atoms with Crippen LogP contribution in [0.2, 0.25) is 0 Å². The minimum atomic E-state index is 0.313. The van der Waals surface area contributed by atoms with Crippen LogP contribution in [0.5, 0.6) is 0 Å².